The monoisotopic (exact) mass is 561 g/mol. The molecule has 3 amide bonds. The van der Waals surface area contributed by atoms with Crippen LogP contribution in [0.1, 0.15) is 36.0 Å². The summed E-state index contributed by atoms with van der Waals surface area (Å²) < 4.78 is 13.5. The highest BCUT2D eigenvalue weighted by Crippen LogP contribution is 2.34. The van der Waals surface area contributed by atoms with Crippen LogP contribution in [0.4, 0.5) is 4.39 Å². The van der Waals surface area contributed by atoms with E-state index in [4.69, 9.17) is 0 Å². The van der Waals surface area contributed by atoms with Gasteiger partial charge in [0.1, 0.15) is 11.2 Å². The molecule has 0 spiro atoms. The number of thiazole rings is 1. The molecule has 2 saturated heterocycles. The van der Waals surface area contributed by atoms with Crippen LogP contribution in [0.15, 0.2) is 60.8 Å². The van der Waals surface area contributed by atoms with Crippen LogP contribution >= 0.6 is 11.3 Å². The summed E-state index contributed by atoms with van der Waals surface area (Å²) in [6, 6.07) is 16.5. The number of benzene rings is 2. The summed E-state index contributed by atoms with van der Waals surface area (Å²) in [4.78, 5) is 46.0. The molecule has 3 heterocycles. The van der Waals surface area contributed by atoms with Gasteiger partial charge in [-0.1, -0.05) is 42.5 Å². The second kappa shape index (κ2) is 11.5. The Kier molecular flexibility index (Phi) is 7.62. The normalized spacial score (nSPS) is 24.2. The maximum atomic E-state index is 13.5. The smallest absolute Gasteiger partial charge is 0.251 e. The molecule has 8 nitrogen and oxygen atoms in total. The average molecular weight is 562 g/mol. The summed E-state index contributed by atoms with van der Waals surface area (Å²) in [6.45, 7) is 0.886. The molecule has 3 aromatic rings. The Morgan fingerprint density at radius 1 is 1.02 bits per heavy atom. The molecule has 2 aliphatic heterocycles. The van der Waals surface area contributed by atoms with Gasteiger partial charge in [-0.2, -0.15) is 0 Å². The number of carbonyl (C=O) groups excluding carboxylic acids is 3. The van der Waals surface area contributed by atoms with Gasteiger partial charge in [-0.25, -0.2) is 9.37 Å². The van der Waals surface area contributed by atoms with E-state index in [9.17, 15) is 18.8 Å². The van der Waals surface area contributed by atoms with Crippen LogP contribution in [0.5, 0.6) is 0 Å². The van der Waals surface area contributed by atoms with Crippen molar-refractivity contribution >= 4 is 29.1 Å². The van der Waals surface area contributed by atoms with Crippen molar-refractivity contribution in [2.45, 2.75) is 50.0 Å². The molecule has 4 atom stereocenters. The molecule has 3 N–H and O–H groups in total. The summed E-state index contributed by atoms with van der Waals surface area (Å²) in [5.74, 6) is -0.324. The van der Waals surface area contributed by atoms with Gasteiger partial charge in [0.2, 0.25) is 11.8 Å². The third-order valence-electron chi connectivity index (χ3n) is 7.82. The van der Waals surface area contributed by atoms with Gasteiger partial charge < -0.3 is 20.9 Å². The zero-order valence-electron chi connectivity index (χ0n) is 22.0. The van der Waals surface area contributed by atoms with Crippen LogP contribution in [0, 0.1) is 5.92 Å². The van der Waals surface area contributed by atoms with Gasteiger partial charge in [-0.05, 0) is 37.0 Å². The highest BCUT2D eigenvalue weighted by molar-refractivity contribution is 7.18. The van der Waals surface area contributed by atoms with Crippen molar-refractivity contribution in [1.82, 2.24) is 25.8 Å². The molecule has 10 heteroatoms. The Balaban J connectivity index is 1.06. The Bertz CT molecular complexity index is 1380. The number of hydrogen-bond donors (Lipinski definition) is 3. The number of carbonyl (C=O) groups is 3. The van der Waals surface area contributed by atoms with Gasteiger partial charge in [0.15, 0.2) is 0 Å². The van der Waals surface area contributed by atoms with Gasteiger partial charge >= 0.3 is 0 Å². The quantitative estimate of drug-likeness (QED) is 0.391. The number of hydrogen-bond acceptors (Lipinski definition) is 6. The lowest BCUT2D eigenvalue weighted by Gasteiger charge is -2.25. The topological polar surface area (TPSA) is 103 Å². The van der Waals surface area contributed by atoms with E-state index in [0.29, 0.717) is 25.1 Å². The maximum Gasteiger partial charge on any atom is 0.251 e. The molecule has 1 aliphatic carbocycles. The van der Waals surface area contributed by atoms with E-state index in [-0.39, 0.29) is 48.7 Å². The SMILES string of the molecule is O=C(NC[C@H]1C[C@@H](NC(=O)[C@@H]2C[C@H](F)CN2)CN1C(=O)C1CC1)c1ccc(-c2ncc(-c3ccccc3)s2)cc1. The number of nitrogens with one attached hydrogen (secondary N) is 3. The standard InChI is InChI=1S/C30H32FN5O3S/c31-22-12-25(32-14-22)28(38)35-23-13-24(36(17-23)30(39)21-10-11-21)15-33-27(37)19-6-8-20(9-7-19)29-34-16-26(40-29)18-4-2-1-3-5-18/h1-9,16,21-25,32H,10-15,17H2,(H,33,37)(H,35,38)/t22-,23+,24+,25-/m0/s1. The largest absolute Gasteiger partial charge is 0.350 e. The highest BCUT2D eigenvalue weighted by Gasteiger charge is 2.42. The Morgan fingerprint density at radius 2 is 1.80 bits per heavy atom. The molecule has 1 saturated carbocycles. The predicted molar refractivity (Wildman–Crippen MR) is 151 cm³/mol. The molecular weight excluding hydrogens is 529 g/mol. The summed E-state index contributed by atoms with van der Waals surface area (Å²) in [7, 11) is 0. The van der Waals surface area contributed by atoms with E-state index >= 15 is 0 Å². The number of alkyl halides is 1. The predicted octanol–water partition coefficient (Wildman–Crippen LogP) is 3.40. The fourth-order valence-corrected chi connectivity index (χ4v) is 6.39. The minimum absolute atomic E-state index is 0.0391. The minimum Gasteiger partial charge on any atom is -0.350 e. The summed E-state index contributed by atoms with van der Waals surface area (Å²) >= 11 is 1.60. The fourth-order valence-electron chi connectivity index (χ4n) is 5.46. The van der Waals surface area contributed by atoms with Crippen molar-refractivity contribution in [1.29, 1.82) is 0 Å². The molecule has 2 aromatic carbocycles. The van der Waals surface area contributed by atoms with Gasteiger partial charge in [-0.15, -0.1) is 11.3 Å². The summed E-state index contributed by atoms with van der Waals surface area (Å²) in [5.41, 5.74) is 2.59. The van der Waals surface area contributed by atoms with E-state index in [2.05, 4.69) is 33.1 Å². The number of likely N-dealkylation sites (tertiary alicyclic amines) is 1. The first kappa shape index (κ1) is 26.6. The van der Waals surface area contributed by atoms with Gasteiger partial charge in [0.25, 0.3) is 5.91 Å². The van der Waals surface area contributed by atoms with Crippen molar-refractivity contribution in [2.24, 2.45) is 5.92 Å². The lowest BCUT2D eigenvalue weighted by Crippen LogP contribution is -2.46. The Labute approximate surface area is 236 Å². The number of rotatable bonds is 8. The minimum atomic E-state index is -1.02. The molecule has 3 aliphatic rings. The van der Waals surface area contributed by atoms with Crippen molar-refractivity contribution in [3.05, 3.63) is 66.4 Å². The Morgan fingerprint density at radius 3 is 2.50 bits per heavy atom. The first-order valence-electron chi connectivity index (χ1n) is 13.8. The van der Waals surface area contributed by atoms with Gasteiger partial charge in [-0.3, -0.25) is 14.4 Å². The number of amides is 3. The fraction of sp³-hybridized carbons (Fsp3) is 0.400. The van der Waals surface area contributed by atoms with E-state index in [1.165, 1.54) is 0 Å². The van der Waals surface area contributed by atoms with Gasteiger partial charge in [0.05, 0.1) is 17.0 Å². The van der Waals surface area contributed by atoms with Crippen molar-refractivity contribution < 1.29 is 18.8 Å². The lowest BCUT2D eigenvalue weighted by atomic mass is 10.1. The van der Waals surface area contributed by atoms with Crippen LogP contribution in [0.3, 0.4) is 0 Å². The zero-order valence-corrected chi connectivity index (χ0v) is 22.8. The van der Waals surface area contributed by atoms with E-state index in [1.54, 1.807) is 28.4 Å². The first-order valence-corrected chi connectivity index (χ1v) is 14.6. The second-order valence-electron chi connectivity index (χ2n) is 10.8. The average Bonchev–Trinajstić information content (AvgIpc) is 3.34. The third-order valence-corrected chi connectivity index (χ3v) is 8.92. The van der Waals surface area contributed by atoms with E-state index in [1.807, 2.05) is 36.5 Å². The maximum absolute atomic E-state index is 13.5. The number of nitrogens with zero attached hydrogens (tertiary/aromatic N) is 2. The Hall–Kier alpha value is -3.63. The molecule has 0 radical (unpaired) electrons. The molecule has 1 aromatic heterocycles. The highest BCUT2D eigenvalue weighted by atomic mass is 32.1. The van der Waals surface area contributed by atoms with Crippen LogP contribution in [0.25, 0.3) is 21.0 Å². The molecule has 40 heavy (non-hydrogen) atoms. The van der Waals surface area contributed by atoms with Crippen LogP contribution < -0.4 is 16.0 Å². The molecular formula is C30H32FN5O3S. The van der Waals surface area contributed by atoms with Crippen LogP contribution in [-0.4, -0.2) is 71.5 Å². The van der Waals surface area contributed by atoms with Gasteiger partial charge in [0, 0.05) is 55.3 Å². The molecule has 0 bridgehead atoms. The number of halogens is 1. The molecule has 208 valence electrons. The second-order valence-corrected chi connectivity index (χ2v) is 11.9. The molecule has 0 unspecified atom stereocenters. The summed E-state index contributed by atoms with van der Waals surface area (Å²) in [6.07, 6.45) is 3.32. The molecule has 6 rings (SSSR count). The van der Waals surface area contributed by atoms with E-state index in [0.717, 1.165) is 33.9 Å². The number of aromatic nitrogens is 1. The summed E-state index contributed by atoms with van der Waals surface area (Å²) in [5, 5.41) is 9.76. The lowest BCUT2D eigenvalue weighted by molar-refractivity contribution is -0.133. The van der Waals surface area contributed by atoms with Crippen LogP contribution in [0.2, 0.25) is 0 Å². The zero-order chi connectivity index (χ0) is 27.6. The van der Waals surface area contributed by atoms with Crippen molar-refractivity contribution in [3.8, 4) is 21.0 Å². The van der Waals surface area contributed by atoms with Crippen molar-refractivity contribution in [2.75, 3.05) is 19.6 Å². The van der Waals surface area contributed by atoms with E-state index < -0.39 is 12.2 Å². The molecule has 3 fully saturated rings. The first-order chi connectivity index (χ1) is 19.4. The van der Waals surface area contributed by atoms with Crippen LogP contribution in [-0.2, 0) is 9.59 Å². The third kappa shape index (κ3) is 5.93. The van der Waals surface area contributed by atoms with Crippen molar-refractivity contribution in [3.63, 3.8) is 0 Å².